The number of thioether (sulfide) groups is 1. The SMILES string of the molecule is Cc1cc2cc3c(cc2nc1SCC(=O)N1[C@@H](C)CCC[C@@H]1C)OCO3. The van der Waals surface area contributed by atoms with Gasteiger partial charge in [-0.05, 0) is 57.7 Å². The van der Waals surface area contributed by atoms with Gasteiger partial charge in [-0.25, -0.2) is 4.98 Å². The van der Waals surface area contributed by atoms with Crippen LogP contribution in [0.1, 0.15) is 38.7 Å². The van der Waals surface area contributed by atoms with E-state index >= 15 is 0 Å². The van der Waals surface area contributed by atoms with Crippen molar-refractivity contribution in [1.29, 1.82) is 0 Å². The average Bonchev–Trinajstić information content (AvgIpc) is 3.05. The van der Waals surface area contributed by atoms with Crippen molar-refractivity contribution in [2.24, 2.45) is 0 Å². The van der Waals surface area contributed by atoms with Crippen LogP contribution in [0.3, 0.4) is 0 Å². The number of hydrogen-bond donors (Lipinski definition) is 0. The summed E-state index contributed by atoms with van der Waals surface area (Å²) in [7, 11) is 0. The van der Waals surface area contributed by atoms with Gasteiger partial charge < -0.3 is 14.4 Å². The summed E-state index contributed by atoms with van der Waals surface area (Å²) >= 11 is 1.53. The van der Waals surface area contributed by atoms with Gasteiger partial charge in [0.15, 0.2) is 11.5 Å². The van der Waals surface area contributed by atoms with Gasteiger partial charge in [-0.3, -0.25) is 4.79 Å². The fourth-order valence-corrected chi connectivity index (χ4v) is 4.77. The molecule has 5 nitrogen and oxygen atoms in total. The lowest BCUT2D eigenvalue weighted by molar-refractivity contribution is -0.134. The van der Waals surface area contributed by atoms with Crippen molar-refractivity contribution in [3.05, 3.63) is 23.8 Å². The number of rotatable bonds is 3. The summed E-state index contributed by atoms with van der Waals surface area (Å²) in [6.45, 7) is 6.60. The Morgan fingerprint density at radius 1 is 1.19 bits per heavy atom. The summed E-state index contributed by atoms with van der Waals surface area (Å²) in [4.78, 5) is 19.6. The maximum Gasteiger partial charge on any atom is 0.233 e. The van der Waals surface area contributed by atoms with Crippen LogP contribution < -0.4 is 9.47 Å². The van der Waals surface area contributed by atoms with Crippen molar-refractivity contribution in [2.45, 2.75) is 57.1 Å². The van der Waals surface area contributed by atoms with Crippen LogP contribution in [-0.2, 0) is 4.79 Å². The first-order valence-corrected chi connectivity index (χ1v) is 10.2. The fourth-order valence-electron chi connectivity index (χ4n) is 3.92. The molecule has 1 saturated heterocycles. The van der Waals surface area contributed by atoms with E-state index in [2.05, 4.69) is 24.8 Å². The second-order valence-corrected chi connectivity index (χ2v) is 8.19. The van der Waals surface area contributed by atoms with E-state index in [1.807, 2.05) is 19.1 Å². The number of hydrogen-bond acceptors (Lipinski definition) is 5. The molecule has 2 aliphatic rings. The molecule has 3 heterocycles. The topological polar surface area (TPSA) is 51.7 Å². The van der Waals surface area contributed by atoms with Crippen molar-refractivity contribution in [1.82, 2.24) is 9.88 Å². The number of carbonyl (C=O) groups is 1. The van der Waals surface area contributed by atoms with Gasteiger partial charge in [-0.1, -0.05) is 11.8 Å². The molecule has 0 saturated carbocycles. The molecular weight excluding hydrogens is 348 g/mol. The van der Waals surface area contributed by atoms with E-state index in [0.717, 1.165) is 45.8 Å². The lowest BCUT2D eigenvalue weighted by Crippen LogP contribution is -2.48. The van der Waals surface area contributed by atoms with Crippen LogP contribution >= 0.6 is 11.8 Å². The number of fused-ring (bicyclic) bond motifs is 2. The summed E-state index contributed by atoms with van der Waals surface area (Å²) in [5.41, 5.74) is 1.95. The highest BCUT2D eigenvalue weighted by Crippen LogP contribution is 2.37. The number of aryl methyl sites for hydroxylation is 1. The molecule has 0 spiro atoms. The predicted octanol–water partition coefficient (Wildman–Crippen LogP) is 4.15. The number of likely N-dealkylation sites (tertiary alicyclic amines) is 1. The molecule has 2 aromatic rings. The van der Waals surface area contributed by atoms with E-state index in [1.54, 1.807) is 0 Å². The monoisotopic (exact) mass is 372 g/mol. The van der Waals surface area contributed by atoms with Gasteiger partial charge in [0.25, 0.3) is 0 Å². The molecule has 2 aliphatic heterocycles. The molecule has 1 amide bonds. The summed E-state index contributed by atoms with van der Waals surface area (Å²) in [5, 5.41) is 1.93. The maximum absolute atomic E-state index is 12.8. The minimum atomic E-state index is 0.210. The average molecular weight is 372 g/mol. The predicted molar refractivity (Wildman–Crippen MR) is 103 cm³/mol. The number of ether oxygens (including phenoxy) is 2. The molecular formula is C20H24N2O3S. The highest BCUT2D eigenvalue weighted by atomic mass is 32.2. The first-order chi connectivity index (χ1) is 12.5. The molecule has 2 atom stereocenters. The molecule has 4 rings (SSSR count). The highest BCUT2D eigenvalue weighted by molar-refractivity contribution is 7.99. The first kappa shape index (κ1) is 17.5. The number of piperidine rings is 1. The van der Waals surface area contributed by atoms with Crippen LogP contribution in [0, 0.1) is 6.92 Å². The molecule has 1 aromatic carbocycles. The molecule has 138 valence electrons. The van der Waals surface area contributed by atoms with E-state index in [1.165, 1.54) is 18.2 Å². The standard InChI is InChI=1S/C20H24N2O3S/c1-12-7-15-8-17-18(25-11-24-17)9-16(15)21-20(12)26-10-19(23)22-13(2)5-4-6-14(22)3/h7-9,13-14H,4-6,10-11H2,1-3H3/t13-,14-/m0/s1. The van der Waals surface area contributed by atoms with E-state index in [4.69, 9.17) is 14.5 Å². The van der Waals surface area contributed by atoms with Gasteiger partial charge in [-0.15, -0.1) is 0 Å². The second kappa shape index (κ2) is 6.99. The van der Waals surface area contributed by atoms with Gasteiger partial charge in [0, 0.05) is 23.5 Å². The van der Waals surface area contributed by atoms with E-state index < -0.39 is 0 Å². The molecule has 0 bridgehead atoms. The summed E-state index contributed by atoms with van der Waals surface area (Å²) in [6.07, 6.45) is 3.41. The number of pyridine rings is 1. The summed E-state index contributed by atoms with van der Waals surface area (Å²) in [5.74, 6) is 2.14. The molecule has 0 radical (unpaired) electrons. The molecule has 0 aliphatic carbocycles. The summed E-state index contributed by atoms with van der Waals surface area (Å²) in [6, 6.07) is 6.64. The van der Waals surface area contributed by atoms with Crippen molar-refractivity contribution in [2.75, 3.05) is 12.5 Å². The number of benzene rings is 1. The van der Waals surface area contributed by atoms with Crippen molar-refractivity contribution < 1.29 is 14.3 Å². The molecule has 1 fully saturated rings. The van der Waals surface area contributed by atoms with Crippen LogP contribution in [0.15, 0.2) is 23.2 Å². The van der Waals surface area contributed by atoms with Crippen molar-refractivity contribution >= 4 is 28.6 Å². The number of nitrogens with zero attached hydrogens (tertiary/aromatic N) is 2. The summed E-state index contributed by atoms with van der Waals surface area (Å²) < 4.78 is 10.9. The van der Waals surface area contributed by atoms with Crippen LogP contribution in [-0.4, -0.2) is 40.4 Å². The van der Waals surface area contributed by atoms with Gasteiger partial charge in [0.05, 0.1) is 11.3 Å². The van der Waals surface area contributed by atoms with Crippen LogP contribution in [0.2, 0.25) is 0 Å². The molecule has 0 N–H and O–H groups in total. The lowest BCUT2D eigenvalue weighted by atomic mass is 9.98. The Hall–Kier alpha value is -1.95. The fraction of sp³-hybridized carbons (Fsp3) is 0.500. The number of amides is 1. The van der Waals surface area contributed by atoms with Crippen LogP contribution in [0.4, 0.5) is 0 Å². The van der Waals surface area contributed by atoms with Crippen LogP contribution in [0.5, 0.6) is 11.5 Å². The molecule has 1 aromatic heterocycles. The molecule has 6 heteroatoms. The van der Waals surface area contributed by atoms with Crippen molar-refractivity contribution in [3.8, 4) is 11.5 Å². The smallest absolute Gasteiger partial charge is 0.233 e. The van der Waals surface area contributed by atoms with Gasteiger partial charge in [0.2, 0.25) is 12.7 Å². The zero-order chi connectivity index (χ0) is 18.3. The second-order valence-electron chi connectivity index (χ2n) is 7.23. The number of aromatic nitrogens is 1. The van der Waals surface area contributed by atoms with Crippen LogP contribution in [0.25, 0.3) is 10.9 Å². The quantitative estimate of drug-likeness (QED) is 0.758. The zero-order valence-corrected chi connectivity index (χ0v) is 16.3. The zero-order valence-electron chi connectivity index (χ0n) is 15.4. The molecule has 26 heavy (non-hydrogen) atoms. The van der Waals surface area contributed by atoms with Gasteiger partial charge in [0.1, 0.15) is 5.03 Å². The van der Waals surface area contributed by atoms with Crippen molar-refractivity contribution in [3.63, 3.8) is 0 Å². The third kappa shape index (κ3) is 3.22. The maximum atomic E-state index is 12.8. The number of carbonyl (C=O) groups excluding carboxylic acids is 1. The van der Waals surface area contributed by atoms with Gasteiger partial charge in [-0.2, -0.15) is 0 Å². The lowest BCUT2D eigenvalue weighted by Gasteiger charge is -2.39. The van der Waals surface area contributed by atoms with E-state index in [9.17, 15) is 4.79 Å². The first-order valence-electron chi connectivity index (χ1n) is 9.18. The Balaban J connectivity index is 1.52. The van der Waals surface area contributed by atoms with E-state index in [-0.39, 0.29) is 12.7 Å². The highest BCUT2D eigenvalue weighted by Gasteiger charge is 2.28. The third-order valence-electron chi connectivity index (χ3n) is 5.27. The van der Waals surface area contributed by atoms with E-state index in [0.29, 0.717) is 17.8 Å². The minimum absolute atomic E-state index is 0.210. The largest absolute Gasteiger partial charge is 0.454 e. The Morgan fingerprint density at radius 3 is 2.62 bits per heavy atom. The Labute approximate surface area is 158 Å². The minimum Gasteiger partial charge on any atom is -0.454 e. The normalized spacial score (nSPS) is 22.0. The third-order valence-corrected chi connectivity index (χ3v) is 6.35. The molecule has 0 unspecified atom stereocenters. The Morgan fingerprint density at radius 2 is 1.88 bits per heavy atom. The van der Waals surface area contributed by atoms with Gasteiger partial charge >= 0.3 is 0 Å². The Kier molecular flexibility index (Phi) is 4.69. The Bertz CT molecular complexity index is 845.